The first-order chi connectivity index (χ1) is 9.90. The highest BCUT2D eigenvalue weighted by Gasteiger charge is 2.29. The van der Waals surface area contributed by atoms with Gasteiger partial charge in [-0.1, -0.05) is 0 Å². The quantitative estimate of drug-likeness (QED) is 0.895. The van der Waals surface area contributed by atoms with Crippen LogP contribution in [0.5, 0.6) is 5.75 Å². The Morgan fingerprint density at radius 1 is 1.32 bits per heavy atom. The molecule has 1 N–H and O–H groups in total. The number of halogens is 3. The molecule has 4 nitrogen and oxygen atoms in total. The van der Waals surface area contributed by atoms with Crippen molar-refractivity contribution in [2.24, 2.45) is 0 Å². The van der Waals surface area contributed by atoms with Crippen LogP contribution >= 0.6 is 0 Å². The predicted octanol–water partition coefficient (Wildman–Crippen LogP) is 3.44. The molecule has 0 fully saturated rings. The highest BCUT2D eigenvalue weighted by Crippen LogP contribution is 2.23. The van der Waals surface area contributed by atoms with E-state index in [1.54, 1.807) is 19.9 Å². The minimum Gasteiger partial charge on any atom is -0.482 e. The van der Waals surface area contributed by atoms with Gasteiger partial charge in [-0.15, -0.1) is 0 Å². The topological polar surface area (TPSA) is 51.2 Å². The highest BCUT2D eigenvalue weighted by atomic mass is 32.2. The molecule has 0 aliphatic rings. The number of aromatic nitrogens is 1. The van der Waals surface area contributed by atoms with Crippen LogP contribution in [-0.2, 0) is 11.0 Å². The average molecular weight is 338 g/mol. The highest BCUT2D eigenvalue weighted by molar-refractivity contribution is 7.84. The molecular formula is C14H21F3N2O2S. The molecular weight excluding hydrogens is 317 g/mol. The van der Waals surface area contributed by atoms with Crippen molar-refractivity contribution >= 4 is 11.0 Å². The van der Waals surface area contributed by atoms with E-state index in [1.165, 1.54) is 6.07 Å². The summed E-state index contributed by atoms with van der Waals surface area (Å²) in [6, 6.07) is 2.72. The average Bonchev–Trinajstić information content (AvgIpc) is 2.34. The summed E-state index contributed by atoms with van der Waals surface area (Å²) in [5, 5.41) is 0. The molecule has 0 saturated heterocycles. The lowest BCUT2D eigenvalue weighted by atomic mass is 10.2. The normalized spacial score (nSPS) is 15.5. The van der Waals surface area contributed by atoms with Gasteiger partial charge in [0.05, 0.1) is 33.2 Å². The third-order valence-electron chi connectivity index (χ3n) is 2.73. The predicted molar refractivity (Wildman–Crippen MR) is 80.0 cm³/mol. The zero-order chi connectivity index (χ0) is 17.1. The van der Waals surface area contributed by atoms with Gasteiger partial charge < -0.3 is 4.74 Å². The van der Waals surface area contributed by atoms with Crippen LogP contribution in [-0.4, -0.2) is 26.7 Å². The summed E-state index contributed by atoms with van der Waals surface area (Å²) < 4.78 is 55.7. The molecule has 1 unspecified atom stereocenters. The molecule has 0 bridgehead atoms. The summed E-state index contributed by atoms with van der Waals surface area (Å²) in [6.45, 7) is 7.54. The molecule has 22 heavy (non-hydrogen) atoms. The molecule has 1 heterocycles. The van der Waals surface area contributed by atoms with E-state index >= 15 is 0 Å². The largest absolute Gasteiger partial charge is 0.482 e. The molecule has 0 aromatic carbocycles. The van der Waals surface area contributed by atoms with Gasteiger partial charge in [0.2, 0.25) is 0 Å². The number of hydrogen-bond donors (Lipinski definition) is 1. The maximum Gasteiger partial charge on any atom is 0.422 e. The van der Waals surface area contributed by atoms with Gasteiger partial charge in [0.1, 0.15) is 5.75 Å². The van der Waals surface area contributed by atoms with Crippen LogP contribution in [0.2, 0.25) is 0 Å². The Kier molecular flexibility index (Phi) is 5.97. The second kappa shape index (κ2) is 6.95. The van der Waals surface area contributed by atoms with E-state index in [9.17, 15) is 17.4 Å². The standard InChI is InChI=1S/C14H21F3N2O2S/c1-9(19-22(20)13(3,4)5)11-6-7-12(10(2)18-11)21-8-14(15,16)17/h6-7,9,19H,8H2,1-5H3/t9?,22-/m1/s1. The fraction of sp³-hybridized carbons (Fsp3) is 0.643. The minimum absolute atomic E-state index is 0.0882. The number of hydrogen-bond acceptors (Lipinski definition) is 3. The summed E-state index contributed by atoms with van der Waals surface area (Å²) in [4.78, 5) is 4.22. The van der Waals surface area contributed by atoms with E-state index in [1.807, 2.05) is 20.8 Å². The number of alkyl halides is 3. The molecule has 1 aromatic rings. The van der Waals surface area contributed by atoms with E-state index in [-0.39, 0.29) is 11.8 Å². The number of nitrogens with one attached hydrogen (secondary N) is 1. The lowest BCUT2D eigenvalue weighted by Crippen LogP contribution is -2.35. The third-order valence-corrected chi connectivity index (χ3v) is 4.41. The lowest BCUT2D eigenvalue weighted by Gasteiger charge is -2.22. The summed E-state index contributed by atoms with van der Waals surface area (Å²) in [7, 11) is -1.27. The van der Waals surface area contributed by atoms with Gasteiger partial charge in [0.15, 0.2) is 6.61 Å². The zero-order valence-electron chi connectivity index (χ0n) is 13.2. The Balaban J connectivity index is 2.78. The molecule has 0 aliphatic heterocycles. The second-order valence-corrected chi connectivity index (χ2v) is 7.94. The lowest BCUT2D eigenvalue weighted by molar-refractivity contribution is -0.153. The van der Waals surface area contributed by atoms with Crippen LogP contribution < -0.4 is 9.46 Å². The fourth-order valence-electron chi connectivity index (χ4n) is 1.52. The maximum absolute atomic E-state index is 12.1. The van der Waals surface area contributed by atoms with E-state index in [4.69, 9.17) is 4.74 Å². The summed E-state index contributed by atoms with van der Waals surface area (Å²) in [5.74, 6) is 0.0882. The molecule has 0 amide bonds. The van der Waals surface area contributed by atoms with Crippen molar-refractivity contribution in [2.45, 2.75) is 51.6 Å². The Hall–Kier alpha value is -1.15. The van der Waals surface area contributed by atoms with Crippen molar-refractivity contribution in [3.63, 3.8) is 0 Å². The Bertz CT molecular complexity index is 542. The van der Waals surface area contributed by atoms with Gasteiger partial charge in [-0.2, -0.15) is 13.2 Å². The summed E-state index contributed by atoms with van der Waals surface area (Å²) in [5.41, 5.74) is 0.950. The summed E-state index contributed by atoms with van der Waals surface area (Å²) in [6.07, 6.45) is -4.39. The van der Waals surface area contributed by atoms with Crippen LogP contribution in [0, 0.1) is 6.92 Å². The van der Waals surface area contributed by atoms with E-state index in [0.717, 1.165) is 0 Å². The Morgan fingerprint density at radius 3 is 2.36 bits per heavy atom. The van der Waals surface area contributed by atoms with Crippen molar-refractivity contribution in [2.75, 3.05) is 6.61 Å². The van der Waals surface area contributed by atoms with Gasteiger partial charge in [-0.05, 0) is 46.8 Å². The van der Waals surface area contributed by atoms with Crippen LogP contribution in [0.25, 0.3) is 0 Å². The molecule has 2 atom stereocenters. The molecule has 0 radical (unpaired) electrons. The van der Waals surface area contributed by atoms with E-state index < -0.39 is 28.5 Å². The van der Waals surface area contributed by atoms with Crippen LogP contribution in [0.1, 0.15) is 45.1 Å². The van der Waals surface area contributed by atoms with Crippen molar-refractivity contribution in [3.05, 3.63) is 23.5 Å². The molecule has 0 spiro atoms. The van der Waals surface area contributed by atoms with Gasteiger partial charge in [0, 0.05) is 0 Å². The first-order valence-corrected chi connectivity index (χ1v) is 7.90. The summed E-state index contributed by atoms with van der Waals surface area (Å²) >= 11 is 0. The van der Waals surface area contributed by atoms with Crippen molar-refractivity contribution < 1.29 is 22.1 Å². The van der Waals surface area contributed by atoms with Crippen molar-refractivity contribution in [1.82, 2.24) is 9.71 Å². The van der Waals surface area contributed by atoms with Gasteiger partial charge in [-0.3, -0.25) is 4.98 Å². The molecule has 126 valence electrons. The van der Waals surface area contributed by atoms with Gasteiger partial charge in [-0.25, -0.2) is 8.93 Å². The van der Waals surface area contributed by atoms with E-state index in [2.05, 4.69) is 9.71 Å². The molecule has 8 heteroatoms. The Morgan fingerprint density at radius 2 is 1.91 bits per heavy atom. The fourth-order valence-corrected chi connectivity index (χ4v) is 2.31. The number of rotatable bonds is 5. The number of ether oxygens (including phenoxy) is 1. The van der Waals surface area contributed by atoms with E-state index in [0.29, 0.717) is 11.4 Å². The van der Waals surface area contributed by atoms with Crippen molar-refractivity contribution in [1.29, 1.82) is 0 Å². The number of nitrogens with zero attached hydrogens (tertiary/aromatic N) is 1. The van der Waals surface area contributed by atoms with Crippen LogP contribution in [0.15, 0.2) is 12.1 Å². The number of aryl methyl sites for hydroxylation is 1. The Labute approximate surface area is 131 Å². The van der Waals surface area contributed by atoms with Crippen molar-refractivity contribution in [3.8, 4) is 5.75 Å². The SMILES string of the molecule is Cc1nc(C(C)N[S@](=O)C(C)(C)C)ccc1OCC(F)(F)F. The monoisotopic (exact) mass is 338 g/mol. The second-order valence-electron chi connectivity index (χ2n) is 5.94. The first kappa shape index (κ1) is 18.9. The maximum atomic E-state index is 12.1. The minimum atomic E-state index is -4.39. The van der Waals surface area contributed by atoms with Crippen LogP contribution in [0.4, 0.5) is 13.2 Å². The smallest absolute Gasteiger partial charge is 0.422 e. The molecule has 0 saturated carbocycles. The molecule has 1 rings (SSSR count). The number of pyridine rings is 1. The van der Waals surface area contributed by atoms with Gasteiger partial charge in [0.25, 0.3) is 0 Å². The molecule has 0 aliphatic carbocycles. The van der Waals surface area contributed by atoms with Crippen LogP contribution in [0.3, 0.4) is 0 Å². The zero-order valence-corrected chi connectivity index (χ0v) is 14.1. The first-order valence-electron chi connectivity index (χ1n) is 6.75. The molecule has 1 aromatic heterocycles. The van der Waals surface area contributed by atoms with Gasteiger partial charge >= 0.3 is 6.18 Å². The third kappa shape index (κ3) is 5.92.